The van der Waals surface area contributed by atoms with Crippen molar-refractivity contribution in [3.05, 3.63) is 29.6 Å². The predicted octanol–water partition coefficient (Wildman–Crippen LogP) is 1.72. The number of benzene rings is 1. The number of likely N-dealkylation sites (N-methyl/N-ethyl adjacent to an activating group) is 1. The number of piperidine rings is 1. The Morgan fingerprint density at radius 2 is 2.33 bits per heavy atom. The molecule has 3 heteroatoms. The van der Waals surface area contributed by atoms with Crippen LogP contribution in [0.15, 0.2) is 18.2 Å². The number of halogens is 1. The van der Waals surface area contributed by atoms with Crippen LogP contribution < -0.4 is 10.2 Å². The number of hydrogen-bond acceptors (Lipinski definition) is 2. The van der Waals surface area contributed by atoms with Crippen LogP contribution in [0.1, 0.15) is 17.9 Å². The zero-order valence-corrected chi connectivity index (χ0v) is 8.83. The molecule has 2 aliphatic rings. The molecule has 1 fully saturated rings. The molecule has 0 bridgehead atoms. The van der Waals surface area contributed by atoms with Gasteiger partial charge in [-0.1, -0.05) is 0 Å². The third-order valence-electron chi connectivity index (χ3n) is 3.71. The molecule has 2 nitrogen and oxygen atoms in total. The Balaban J connectivity index is 2.07. The summed E-state index contributed by atoms with van der Waals surface area (Å²) in [5.41, 5.74) is 2.38. The topological polar surface area (TPSA) is 15.3 Å². The van der Waals surface area contributed by atoms with Crippen molar-refractivity contribution in [3.63, 3.8) is 0 Å². The third kappa shape index (κ3) is 1.26. The van der Waals surface area contributed by atoms with Crippen LogP contribution in [-0.2, 0) is 0 Å². The van der Waals surface area contributed by atoms with Crippen LogP contribution >= 0.6 is 0 Å². The normalized spacial score (nSPS) is 28.8. The molecule has 2 atom stereocenters. The highest BCUT2D eigenvalue weighted by Gasteiger charge is 2.37. The summed E-state index contributed by atoms with van der Waals surface area (Å²) in [6.45, 7) is 2.05. The zero-order valence-electron chi connectivity index (χ0n) is 8.83. The molecule has 0 unspecified atom stereocenters. The smallest absolute Gasteiger partial charge is 0.123 e. The molecule has 0 spiro atoms. The van der Waals surface area contributed by atoms with Crippen LogP contribution in [-0.4, -0.2) is 26.2 Å². The highest BCUT2D eigenvalue weighted by molar-refractivity contribution is 5.61. The largest absolute Gasteiger partial charge is 0.371 e. The van der Waals surface area contributed by atoms with Gasteiger partial charge in [0.25, 0.3) is 0 Å². The second-order valence-corrected chi connectivity index (χ2v) is 4.48. The van der Waals surface area contributed by atoms with E-state index in [0.717, 1.165) is 19.5 Å². The first kappa shape index (κ1) is 9.16. The van der Waals surface area contributed by atoms with Gasteiger partial charge in [0.15, 0.2) is 0 Å². The van der Waals surface area contributed by atoms with Gasteiger partial charge < -0.3 is 10.2 Å². The Bertz CT molecular complexity index is 391. The van der Waals surface area contributed by atoms with Crippen molar-refractivity contribution in [3.8, 4) is 0 Å². The summed E-state index contributed by atoms with van der Waals surface area (Å²) in [4.78, 5) is 2.31. The number of nitrogens with zero attached hydrogens (tertiary/aromatic N) is 1. The van der Waals surface area contributed by atoms with Crippen molar-refractivity contribution >= 4 is 5.69 Å². The molecule has 1 aromatic carbocycles. The van der Waals surface area contributed by atoms with Gasteiger partial charge in [-0.25, -0.2) is 4.39 Å². The molecule has 1 saturated heterocycles. The van der Waals surface area contributed by atoms with Gasteiger partial charge in [-0.15, -0.1) is 0 Å². The van der Waals surface area contributed by atoms with Gasteiger partial charge >= 0.3 is 0 Å². The quantitative estimate of drug-likeness (QED) is 0.695. The number of rotatable bonds is 0. The molecule has 80 valence electrons. The highest BCUT2D eigenvalue weighted by Crippen LogP contribution is 2.42. The molecule has 0 aliphatic carbocycles. The average molecular weight is 206 g/mol. The Morgan fingerprint density at radius 3 is 3.20 bits per heavy atom. The molecule has 3 rings (SSSR count). The van der Waals surface area contributed by atoms with E-state index in [-0.39, 0.29) is 5.82 Å². The molecule has 1 aromatic rings. The monoisotopic (exact) mass is 206 g/mol. The number of fused-ring (bicyclic) bond motifs is 3. The number of hydrogen-bond donors (Lipinski definition) is 1. The van der Waals surface area contributed by atoms with Gasteiger partial charge in [0.1, 0.15) is 5.82 Å². The van der Waals surface area contributed by atoms with Crippen LogP contribution in [0.5, 0.6) is 0 Å². The van der Waals surface area contributed by atoms with E-state index in [1.807, 2.05) is 6.07 Å². The van der Waals surface area contributed by atoms with E-state index in [0.29, 0.717) is 12.0 Å². The minimum Gasteiger partial charge on any atom is -0.371 e. The van der Waals surface area contributed by atoms with E-state index >= 15 is 0 Å². The minimum atomic E-state index is -0.117. The average Bonchev–Trinajstić information content (AvgIpc) is 2.54. The lowest BCUT2D eigenvalue weighted by Gasteiger charge is -2.31. The van der Waals surface area contributed by atoms with Crippen LogP contribution in [0.3, 0.4) is 0 Å². The molecule has 0 amide bonds. The predicted molar refractivity (Wildman–Crippen MR) is 58.8 cm³/mol. The number of nitrogens with one attached hydrogen (secondary N) is 1. The maximum atomic E-state index is 13.2. The van der Waals surface area contributed by atoms with E-state index in [9.17, 15) is 4.39 Å². The SMILES string of the molecule is CN1c2ccc(F)cc2[C@H]2CNCC[C@H]21. The molecule has 2 heterocycles. The Labute approximate surface area is 89.1 Å². The van der Waals surface area contributed by atoms with Crippen molar-refractivity contribution in [1.29, 1.82) is 0 Å². The van der Waals surface area contributed by atoms with E-state index < -0.39 is 0 Å². The van der Waals surface area contributed by atoms with Crippen LogP contribution in [0, 0.1) is 5.82 Å². The summed E-state index contributed by atoms with van der Waals surface area (Å²) in [5, 5.41) is 3.39. The van der Waals surface area contributed by atoms with Crippen LogP contribution in [0.2, 0.25) is 0 Å². The summed E-state index contributed by atoms with van der Waals surface area (Å²) in [5.74, 6) is 0.350. The minimum absolute atomic E-state index is 0.117. The highest BCUT2D eigenvalue weighted by atomic mass is 19.1. The van der Waals surface area contributed by atoms with E-state index in [1.54, 1.807) is 12.1 Å². The van der Waals surface area contributed by atoms with E-state index in [4.69, 9.17) is 0 Å². The summed E-state index contributed by atoms with van der Waals surface area (Å²) in [7, 11) is 2.12. The fourth-order valence-corrected chi connectivity index (χ4v) is 2.95. The maximum Gasteiger partial charge on any atom is 0.123 e. The van der Waals surface area contributed by atoms with Gasteiger partial charge in [0, 0.05) is 31.2 Å². The van der Waals surface area contributed by atoms with E-state index in [1.165, 1.54) is 11.3 Å². The Hall–Kier alpha value is -1.09. The van der Waals surface area contributed by atoms with Gasteiger partial charge in [-0.3, -0.25) is 0 Å². The summed E-state index contributed by atoms with van der Waals surface area (Å²) in [6.07, 6.45) is 1.15. The van der Waals surface area contributed by atoms with Gasteiger partial charge in [0.05, 0.1) is 0 Å². The first-order valence-corrected chi connectivity index (χ1v) is 5.50. The maximum absolute atomic E-state index is 13.2. The lowest BCUT2D eigenvalue weighted by Crippen LogP contribution is -2.42. The molecular formula is C12H15FN2. The molecule has 0 saturated carbocycles. The molecular weight excluding hydrogens is 191 g/mol. The van der Waals surface area contributed by atoms with Crippen molar-refractivity contribution in [1.82, 2.24) is 5.32 Å². The van der Waals surface area contributed by atoms with Crippen molar-refractivity contribution in [2.45, 2.75) is 18.4 Å². The molecule has 0 radical (unpaired) electrons. The fourth-order valence-electron chi connectivity index (χ4n) is 2.95. The van der Waals surface area contributed by atoms with Gasteiger partial charge in [0.2, 0.25) is 0 Å². The summed E-state index contributed by atoms with van der Waals surface area (Å²) in [6, 6.07) is 5.72. The second kappa shape index (κ2) is 3.20. The third-order valence-corrected chi connectivity index (χ3v) is 3.71. The van der Waals surface area contributed by atoms with E-state index in [2.05, 4.69) is 17.3 Å². The van der Waals surface area contributed by atoms with Gasteiger partial charge in [-0.2, -0.15) is 0 Å². The van der Waals surface area contributed by atoms with Crippen LogP contribution in [0.4, 0.5) is 10.1 Å². The lowest BCUT2D eigenvalue weighted by atomic mass is 9.90. The first-order valence-electron chi connectivity index (χ1n) is 5.50. The molecule has 2 aliphatic heterocycles. The summed E-state index contributed by atoms with van der Waals surface area (Å²) < 4.78 is 13.2. The second-order valence-electron chi connectivity index (χ2n) is 4.48. The van der Waals surface area contributed by atoms with Crippen molar-refractivity contribution in [2.24, 2.45) is 0 Å². The van der Waals surface area contributed by atoms with Gasteiger partial charge in [-0.05, 0) is 36.7 Å². The Kier molecular flexibility index (Phi) is 1.96. The lowest BCUT2D eigenvalue weighted by molar-refractivity contribution is 0.412. The standard InChI is InChI=1S/C12H15FN2/c1-15-11-3-2-8(13)6-9(11)10-7-14-5-4-12(10)15/h2-3,6,10,12,14H,4-5,7H2,1H3/t10-,12-/m1/s1. The van der Waals surface area contributed by atoms with Crippen molar-refractivity contribution in [2.75, 3.05) is 25.0 Å². The van der Waals surface area contributed by atoms with Crippen molar-refractivity contribution < 1.29 is 4.39 Å². The fraction of sp³-hybridized carbons (Fsp3) is 0.500. The molecule has 15 heavy (non-hydrogen) atoms. The Morgan fingerprint density at radius 1 is 1.47 bits per heavy atom. The first-order chi connectivity index (χ1) is 7.27. The molecule has 1 N–H and O–H groups in total. The van der Waals surface area contributed by atoms with Crippen LogP contribution in [0.25, 0.3) is 0 Å². The summed E-state index contributed by atoms with van der Waals surface area (Å²) >= 11 is 0. The zero-order chi connectivity index (χ0) is 10.4. The molecule has 0 aromatic heterocycles. The number of anilines is 1.